The van der Waals surface area contributed by atoms with Gasteiger partial charge >= 0.3 is 0 Å². The Hall–Kier alpha value is -3.26. The number of methoxy groups -OCH3 is 2. The topological polar surface area (TPSA) is 86.9 Å². The third kappa shape index (κ3) is 4.83. The van der Waals surface area contributed by atoms with E-state index in [4.69, 9.17) is 30.3 Å². The summed E-state index contributed by atoms with van der Waals surface area (Å²) in [6, 6.07) is 12.3. The lowest BCUT2D eigenvalue weighted by Gasteiger charge is -2.21. The summed E-state index contributed by atoms with van der Waals surface area (Å²) in [6.07, 6.45) is -0.737. The van der Waals surface area contributed by atoms with Gasteiger partial charge in [-0.05, 0) is 31.2 Å². The van der Waals surface area contributed by atoms with Crippen LogP contribution in [0.1, 0.15) is 12.8 Å². The van der Waals surface area contributed by atoms with Crippen LogP contribution in [0.3, 0.4) is 0 Å². The molecule has 0 unspecified atom stereocenters. The minimum Gasteiger partial charge on any atom is -0.497 e. The number of hydrogen-bond acceptors (Lipinski definition) is 7. The van der Waals surface area contributed by atoms with Crippen LogP contribution in [0.15, 0.2) is 47.0 Å². The van der Waals surface area contributed by atoms with E-state index in [1.807, 2.05) is 0 Å². The van der Waals surface area contributed by atoms with E-state index in [1.165, 1.54) is 4.90 Å². The van der Waals surface area contributed by atoms with Gasteiger partial charge in [0.1, 0.15) is 17.2 Å². The first-order valence-corrected chi connectivity index (χ1v) is 9.52. The number of halogens is 1. The monoisotopic (exact) mass is 431 g/mol. The van der Waals surface area contributed by atoms with Crippen LogP contribution in [0.2, 0.25) is 5.02 Å². The molecular formula is C21H22ClN3O5. The molecule has 0 radical (unpaired) electrons. The van der Waals surface area contributed by atoms with E-state index < -0.39 is 6.10 Å². The third-order valence-electron chi connectivity index (χ3n) is 4.35. The van der Waals surface area contributed by atoms with Gasteiger partial charge in [-0.2, -0.15) is 4.98 Å². The van der Waals surface area contributed by atoms with Crippen molar-refractivity contribution < 1.29 is 23.5 Å². The van der Waals surface area contributed by atoms with Crippen LogP contribution >= 0.6 is 11.6 Å². The Labute approximate surface area is 179 Å². The minimum absolute atomic E-state index is 0.126. The predicted molar refractivity (Wildman–Crippen MR) is 111 cm³/mol. The molecule has 1 heterocycles. The first kappa shape index (κ1) is 21.4. The summed E-state index contributed by atoms with van der Waals surface area (Å²) < 4.78 is 21.6. The van der Waals surface area contributed by atoms with Crippen LogP contribution in [0.5, 0.6) is 17.2 Å². The lowest BCUT2D eigenvalue weighted by atomic mass is 10.2. The average Bonchev–Trinajstić information content (AvgIpc) is 3.22. The summed E-state index contributed by atoms with van der Waals surface area (Å²) in [6.45, 7) is 1.78. The number of aromatic nitrogens is 2. The van der Waals surface area contributed by atoms with Crippen molar-refractivity contribution in [3.63, 3.8) is 0 Å². The van der Waals surface area contributed by atoms with E-state index in [1.54, 1.807) is 70.7 Å². The summed E-state index contributed by atoms with van der Waals surface area (Å²) in [7, 11) is 4.75. The second-order valence-corrected chi connectivity index (χ2v) is 6.87. The Kier molecular flexibility index (Phi) is 6.79. The van der Waals surface area contributed by atoms with E-state index in [0.29, 0.717) is 33.7 Å². The molecule has 0 N–H and O–H groups in total. The molecule has 158 valence electrons. The second-order valence-electron chi connectivity index (χ2n) is 6.46. The van der Waals surface area contributed by atoms with Gasteiger partial charge in [-0.1, -0.05) is 28.9 Å². The lowest BCUT2D eigenvalue weighted by molar-refractivity contribution is -0.137. The first-order valence-electron chi connectivity index (χ1n) is 9.14. The molecule has 0 saturated carbocycles. The smallest absolute Gasteiger partial charge is 0.263 e. The van der Waals surface area contributed by atoms with Crippen molar-refractivity contribution in [2.24, 2.45) is 0 Å². The fraction of sp³-hybridized carbons (Fsp3) is 0.286. The maximum Gasteiger partial charge on any atom is 0.263 e. The van der Waals surface area contributed by atoms with Crippen LogP contribution in [0, 0.1) is 0 Å². The van der Waals surface area contributed by atoms with Crippen LogP contribution in [-0.4, -0.2) is 48.3 Å². The van der Waals surface area contributed by atoms with Gasteiger partial charge in [0.15, 0.2) is 6.10 Å². The summed E-state index contributed by atoms with van der Waals surface area (Å²) in [5.74, 6) is 2.02. The standard InChI is InChI=1S/C21H22ClN3O5/c1-13(29-17-8-6-5-7-16(17)22)21(26)25(2)12-19-23-20(24-30-19)15-10-9-14(27-3)11-18(15)28-4/h5-11,13H,12H2,1-4H3/t13-/m0/s1. The molecule has 0 fully saturated rings. The molecule has 0 aliphatic heterocycles. The SMILES string of the molecule is COc1ccc(-c2noc(CN(C)C(=O)[C@H](C)Oc3ccccc3Cl)n2)c(OC)c1. The van der Waals surface area contributed by atoms with Crippen LogP contribution in [0.25, 0.3) is 11.4 Å². The molecule has 3 rings (SSSR count). The van der Waals surface area contributed by atoms with E-state index in [-0.39, 0.29) is 18.3 Å². The minimum atomic E-state index is -0.737. The summed E-state index contributed by atoms with van der Waals surface area (Å²) in [4.78, 5) is 18.5. The number of ether oxygens (including phenoxy) is 3. The number of rotatable bonds is 8. The molecule has 0 aliphatic carbocycles. The number of carbonyl (C=O) groups is 1. The Balaban J connectivity index is 1.68. The molecule has 1 amide bonds. The van der Waals surface area contributed by atoms with Crippen molar-refractivity contribution in [1.29, 1.82) is 0 Å². The predicted octanol–water partition coefficient (Wildman–Crippen LogP) is 3.83. The van der Waals surface area contributed by atoms with Crippen LogP contribution in [-0.2, 0) is 11.3 Å². The summed E-state index contributed by atoms with van der Waals surface area (Å²) in [5, 5.41) is 4.43. The van der Waals surface area contributed by atoms with Gasteiger partial charge in [0.05, 0.1) is 31.4 Å². The van der Waals surface area contributed by atoms with Gasteiger partial charge in [0.2, 0.25) is 11.7 Å². The lowest BCUT2D eigenvalue weighted by Crippen LogP contribution is -2.37. The van der Waals surface area contributed by atoms with Crippen molar-refractivity contribution in [2.75, 3.05) is 21.3 Å². The Morgan fingerprint density at radius 3 is 2.63 bits per heavy atom. The van der Waals surface area contributed by atoms with Crippen molar-refractivity contribution in [2.45, 2.75) is 19.6 Å². The maximum atomic E-state index is 12.6. The van der Waals surface area contributed by atoms with Crippen LogP contribution in [0.4, 0.5) is 0 Å². The van der Waals surface area contributed by atoms with Gasteiger partial charge in [0, 0.05) is 13.1 Å². The molecule has 9 heteroatoms. The van der Waals surface area contributed by atoms with E-state index in [9.17, 15) is 4.79 Å². The van der Waals surface area contributed by atoms with Gasteiger partial charge in [-0.15, -0.1) is 0 Å². The molecule has 0 aliphatic rings. The Morgan fingerprint density at radius 2 is 1.93 bits per heavy atom. The number of nitrogens with zero attached hydrogens (tertiary/aromatic N) is 3. The fourth-order valence-corrected chi connectivity index (χ4v) is 2.96. The number of para-hydroxylation sites is 1. The summed E-state index contributed by atoms with van der Waals surface area (Å²) in [5.41, 5.74) is 0.651. The highest BCUT2D eigenvalue weighted by Crippen LogP contribution is 2.31. The molecule has 8 nitrogen and oxygen atoms in total. The molecule has 2 aromatic carbocycles. The molecule has 1 atom stereocenters. The highest BCUT2D eigenvalue weighted by Gasteiger charge is 2.22. The fourth-order valence-electron chi connectivity index (χ4n) is 2.78. The van der Waals surface area contributed by atoms with E-state index in [2.05, 4.69) is 10.1 Å². The quantitative estimate of drug-likeness (QED) is 0.535. The molecular weight excluding hydrogens is 410 g/mol. The van der Waals surface area contributed by atoms with Gasteiger partial charge < -0.3 is 23.6 Å². The highest BCUT2D eigenvalue weighted by atomic mass is 35.5. The molecule has 1 aromatic heterocycles. The van der Waals surface area contributed by atoms with Crippen molar-refractivity contribution in [1.82, 2.24) is 15.0 Å². The van der Waals surface area contributed by atoms with Gasteiger partial charge in [-0.25, -0.2) is 0 Å². The molecule has 0 saturated heterocycles. The van der Waals surface area contributed by atoms with E-state index in [0.717, 1.165) is 0 Å². The molecule has 0 bridgehead atoms. The van der Waals surface area contributed by atoms with Crippen molar-refractivity contribution in [3.05, 3.63) is 53.4 Å². The van der Waals surface area contributed by atoms with Gasteiger partial charge in [-0.3, -0.25) is 4.79 Å². The molecule has 30 heavy (non-hydrogen) atoms. The van der Waals surface area contributed by atoms with Crippen molar-refractivity contribution >= 4 is 17.5 Å². The number of carbonyl (C=O) groups excluding carboxylic acids is 1. The first-order chi connectivity index (χ1) is 14.4. The number of likely N-dealkylation sites (N-methyl/N-ethyl adjacent to an activating group) is 1. The van der Waals surface area contributed by atoms with Crippen molar-refractivity contribution in [3.8, 4) is 28.6 Å². The highest BCUT2D eigenvalue weighted by molar-refractivity contribution is 6.32. The molecule has 0 spiro atoms. The Morgan fingerprint density at radius 1 is 1.17 bits per heavy atom. The zero-order valence-electron chi connectivity index (χ0n) is 17.1. The van der Waals surface area contributed by atoms with Gasteiger partial charge in [0.25, 0.3) is 5.91 Å². The third-order valence-corrected chi connectivity index (χ3v) is 4.67. The largest absolute Gasteiger partial charge is 0.497 e. The maximum absolute atomic E-state index is 12.6. The number of hydrogen-bond donors (Lipinski definition) is 0. The number of benzene rings is 2. The zero-order valence-corrected chi connectivity index (χ0v) is 17.8. The Bertz CT molecular complexity index is 1020. The number of amides is 1. The summed E-state index contributed by atoms with van der Waals surface area (Å²) >= 11 is 6.09. The van der Waals surface area contributed by atoms with Crippen LogP contribution < -0.4 is 14.2 Å². The molecule has 3 aromatic rings. The average molecular weight is 432 g/mol. The zero-order chi connectivity index (χ0) is 21.7. The van der Waals surface area contributed by atoms with E-state index >= 15 is 0 Å². The normalized spacial score (nSPS) is 11.6. The second kappa shape index (κ2) is 9.49.